The van der Waals surface area contributed by atoms with Crippen LogP contribution < -0.4 is 9.64 Å². The van der Waals surface area contributed by atoms with Gasteiger partial charge in [-0.1, -0.05) is 36.4 Å². The van der Waals surface area contributed by atoms with Crippen LogP contribution in [0.3, 0.4) is 0 Å². The molecule has 2 heterocycles. The van der Waals surface area contributed by atoms with Gasteiger partial charge in [0.15, 0.2) is 5.76 Å². The topological polar surface area (TPSA) is 79.7 Å². The van der Waals surface area contributed by atoms with Crippen molar-refractivity contribution < 1.29 is 32.6 Å². The molecule has 1 unspecified atom stereocenters. The third kappa shape index (κ3) is 4.34. The van der Waals surface area contributed by atoms with Gasteiger partial charge >= 0.3 is 6.36 Å². The van der Waals surface area contributed by atoms with E-state index >= 15 is 0 Å². The number of alkyl halides is 3. The molecule has 0 radical (unpaired) electrons. The number of hydrogen-bond donors (Lipinski definition) is 1. The van der Waals surface area contributed by atoms with Crippen LogP contribution in [-0.2, 0) is 4.79 Å². The third-order valence-electron chi connectivity index (χ3n) is 5.01. The second kappa shape index (κ2) is 8.36. The first kappa shape index (κ1) is 22.5. The monoisotopic (exact) mass is 474 g/mol. The smallest absolute Gasteiger partial charge is 0.503 e. The predicted molar refractivity (Wildman–Crippen MR) is 115 cm³/mol. The van der Waals surface area contributed by atoms with Crippen molar-refractivity contribution in [1.82, 2.24) is 4.98 Å². The highest BCUT2D eigenvalue weighted by molar-refractivity contribution is 7.14. The summed E-state index contributed by atoms with van der Waals surface area (Å²) < 4.78 is 42.2. The lowest BCUT2D eigenvalue weighted by atomic mass is 9.95. The van der Waals surface area contributed by atoms with Crippen LogP contribution in [0.5, 0.6) is 5.75 Å². The van der Waals surface area contributed by atoms with E-state index in [0.717, 1.165) is 28.4 Å². The van der Waals surface area contributed by atoms with Crippen molar-refractivity contribution >= 4 is 28.7 Å². The summed E-state index contributed by atoms with van der Waals surface area (Å²) >= 11 is 1.13. The Balaban J connectivity index is 1.84. The molecule has 1 aromatic heterocycles. The van der Waals surface area contributed by atoms with Crippen LogP contribution in [-0.4, -0.2) is 28.1 Å². The molecule has 170 valence electrons. The Hall–Kier alpha value is -3.66. The summed E-state index contributed by atoms with van der Waals surface area (Å²) in [7, 11) is 0. The van der Waals surface area contributed by atoms with Crippen molar-refractivity contribution in [2.75, 3.05) is 4.90 Å². The molecule has 1 aliphatic heterocycles. The summed E-state index contributed by atoms with van der Waals surface area (Å²) in [4.78, 5) is 32.2. The maximum Gasteiger partial charge on any atom is 0.573 e. The number of aromatic nitrogens is 1. The SMILES string of the molecule is Cc1nc(C)c(C(=O)C2=C(O)C(=O)N(c3cccc(OC(F)(F)F)c3)C2c2ccccc2)s1. The minimum Gasteiger partial charge on any atom is -0.503 e. The van der Waals surface area contributed by atoms with E-state index in [1.54, 1.807) is 44.2 Å². The molecule has 0 saturated heterocycles. The first-order chi connectivity index (χ1) is 15.6. The molecule has 1 aliphatic rings. The van der Waals surface area contributed by atoms with Gasteiger partial charge in [-0.2, -0.15) is 0 Å². The number of aliphatic hydroxyl groups excluding tert-OH is 1. The second-order valence-electron chi connectivity index (χ2n) is 7.27. The Morgan fingerprint density at radius 2 is 1.82 bits per heavy atom. The first-order valence-corrected chi connectivity index (χ1v) is 10.5. The van der Waals surface area contributed by atoms with Crippen molar-refractivity contribution in [2.45, 2.75) is 26.3 Å². The van der Waals surface area contributed by atoms with Crippen LogP contribution >= 0.6 is 11.3 Å². The highest BCUT2D eigenvalue weighted by atomic mass is 32.1. The second-order valence-corrected chi connectivity index (χ2v) is 8.48. The number of anilines is 1. The zero-order chi connectivity index (χ0) is 23.9. The summed E-state index contributed by atoms with van der Waals surface area (Å²) in [5.41, 5.74) is 0.822. The highest BCUT2D eigenvalue weighted by Crippen LogP contribution is 2.43. The van der Waals surface area contributed by atoms with Crippen LogP contribution in [0.1, 0.15) is 32.0 Å². The summed E-state index contributed by atoms with van der Waals surface area (Å²) in [6.07, 6.45) is -4.92. The van der Waals surface area contributed by atoms with E-state index in [-0.39, 0.29) is 16.1 Å². The largest absolute Gasteiger partial charge is 0.573 e. The Labute approximate surface area is 190 Å². The number of thiazole rings is 1. The molecule has 3 aromatic rings. The van der Waals surface area contributed by atoms with E-state index in [9.17, 15) is 27.9 Å². The normalized spacial score (nSPS) is 16.5. The van der Waals surface area contributed by atoms with Crippen molar-refractivity contribution in [3.63, 3.8) is 0 Å². The van der Waals surface area contributed by atoms with Gasteiger partial charge in [-0.15, -0.1) is 24.5 Å². The molecule has 2 aromatic carbocycles. The van der Waals surface area contributed by atoms with E-state index in [4.69, 9.17) is 0 Å². The number of carbonyl (C=O) groups excluding carboxylic acids is 2. The summed E-state index contributed by atoms with van der Waals surface area (Å²) in [6, 6.07) is 12.2. The first-order valence-electron chi connectivity index (χ1n) is 9.73. The number of benzene rings is 2. The number of halogens is 3. The minimum atomic E-state index is -4.92. The number of Topliss-reactive ketones (excluding diaryl/α,β-unsaturated/α-hetero) is 1. The number of ketones is 1. The van der Waals surface area contributed by atoms with Gasteiger partial charge in [-0.05, 0) is 31.5 Å². The zero-order valence-electron chi connectivity index (χ0n) is 17.4. The number of aliphatic hydroxyl groups is 1. The number of nitrogens with zero attached hydrogens (tertiary/aromatic N) is 2. The van der Waals surface area contributed by atoms with Gasteiger partial charge in [0, 0.05) is 11.8 Å². The van der Waals surface area contributed by atoms with E-state index in [1.807, 2.05) is 0 Å². The molecule has 0 saturated carbocycles. The van der Waals surface area contributed by atoms with Crippen LogP contribution in [0, 0.1) is 13.8 Å². The molecule has 33 heavy (non-hydrogen) atoms. The molecular weight excluding hydrogens is 457 g/mol. The van der Waals surface area contributed by atoms with Crippen molar-refractivity contribution in [3.8, 4) is 5.75 Å². The molecule has 0 aliphatic carbocycles. The number of rotatable bonds is 5. The number of carbonyl (C=O) groups is 2. The molecular formula is C23H17F3N2O4S. The van der Waals surface area contributed by atoms with Crippen LogP contribution in [0.15, 0.2) is 65.9 Å². The quantitative estimate of drug-likeness (QED) is 0.498. The Bertz CT molecular complexity index is 1270. The summed E-state index contributed by atoms with van der Waals surface area (Å²) in [5, 5.41) is 11.4. The molecule has 0 fully saturated rings. The number of ether oxygens (including phenoxy) is 1. The van der Waals surface area contributed by atoms with Gasteiger partial charge in [-0.25, -0.2) is 4.98 Å². The standard InChI is InChI=1S/C23H17F3N2O4S/c1-12-21(33-13(2)27-12)19(29)17-18(14-7-4-3-5-8-14)28(22(31)20(17)30)15-9-6-10-16(11-15)32-23(24,25)26/h3-11,18,30H,1-2H3. The fraction of sp³-hybridized carbons (Fsp3) is 0.174. The fourth-order valence-electron chi connectivity index (χ4n) is 3.75. The summed E-state index contributed by atoms with van der Waals surface area (Å²) in [6.45, 7) is 3.38. The molecule has 0 spiro atoms. The van der Waals surface area contributed by atoms with Crippen molar-refractivity contribution in [2.24, 2.45) is 0 Å². The molecule has 1 atom stereocenters. The van der Waals surface area contributed by atoms with E-state index in [1.165, 1.54) is 12.1 Å². The minimum absolute atomic E-state index is 0.0298. The Kier molecular flexibility index (Phi) is 5.71. The maximum absolute atomic E-state index is 13.5. The Morgan fingerprint density at radius 1 is 1.12 bits per heavy atom. The lowest BCUT2D eigenvalue weighted by molar-refractivity contribution is -0.274. The fourth-order valence-corrected chi connectivity index (χ4v) is 4.62. The summed E-state index contributed by atoms with van der Waals surface area (Å²) in [5.74, 6) is -2.77. The molecule has 0 bridgehead atoms. The molecule has 1 amide bonds. The Morgan fingerprint density at radius 3 is 2.42 bits per heavy atom. The molecule has 10 heteroatoms. The van der Waals surface area contributed by atoms with E-state index in [2.05, 4.69) is 9.72 Å². The average Bonchev–Trinajstić information content (AvgIpc) is 3.23. The molecule has 4 rings (SSSR count). The van der Waals surface area contributed by atoms with E-state index in [0.29, 0.717) is 16.3 Å². The lowest BCUT2D eigenvalue weighted by Gasteiger charge is -2.27. The van der Waals surface area contributed by atoms with Crippen molar-refractivity contribution in [1.29, 1.82) is 0 Å². The lowest BCUT2D eigenvalue weighted by Crippen LogP contribution is -2.31. The van der Waals surface area contributed by atoms with Crippen LogP contribution in [0.2, 0.25) is 0 Å². The van der Waals surface area contributed by atoms with Gasteiger partial charge in [-0.3, -0.25) is 14.5 Å². The van der Waals surface area contributed by atoms with Gasteiger partial charge in [0.05, 0.1) is 27.2 Å². The molecule has 1 N–H and O–H groups in total. The van der Waals surface area contributed by atoms with Crippen LogP contribution in [0.25, 0.3) is 0 Å². The zero-order valence-corrected chi connectivity index (χ0v) is 18.2. The average molecular weight is 474 g/mol. The number of amides is 1. The maximum atomic E-state index is 13.5. The molecule has 6 nitrogen and oxygen atoms in total. The predicted octanol–water partition coefficient (Wildman–Crippen LogP) is 5.44. The van der Waals surface area contributed by atoms with E-state index < -0.39 is 35.6 Å². The number of hydrogen-bond acceptors (Lipinski definition) is 6. The highest BCUT2D eigenvalue weighted by Gasteiger charge is 2.45. The van der Waals surface area contributed by atoms with Crippen LogP contribution in [0.4, 0.5) is 18.9 Å². The van der Waals surface area contributed by atoms with Gasteiger partial charge in [0.2, 0.25) is 5.78 Å². The van der Waals surface area contributed by atoms with Gasteiger partial charge < -0.3 is 9.84 Å². The van der Waals surface area contributed by atoms with Crippen molar-refractivity contribution in [3.05, 3.63) is 87.1 Å². The number of aryl methyl sites for hydroxylation is 2. The van der Waals surface area contributed by atoms with Gasteiger partial charge in [0.25, 0.3) is 5.91 Å². The van der Waals surface area contributed by atoms with Gasteiger partial charge in [0.1, 0.15) is 5.75 Å². The third-order valence-corrected chi connectivity index (χ3v) is 6.08.